The van der Waals surface area contributed by atoms with E-state index in [1.807, 2.05) is 18.2 Å². The molecule has 0 spiro atoms. The van der Waals surface area contributed by atoms with Crippen molar-refractivity contribution in [2.24, 2.45) is 0 Å². The van der Waals surface area contributed by atoms with E-state index in [2.05, 4.69) is 15.3 Å². The number of halogens is 1. The molecule has 0 saturated heterocycles. The predicted molar refractivity (Wildman–Crippen MR) is 85.3 cm³/mol. The molecular weight excluding hydrogens is 342 g/mol. The number of hydrogen-bond donors (Lipinski definition) is 2. The Bertz CT molecular complexity index is 744. The van der Waals surface area contributed by atoms with Gasteiger partial charge in [0.1, 0.15) is 11.0 Å². The van der Waals surface area contributed by atoms with Gasteiger partial charge >= 0.3 is 5.97 Å². The molecule has 0 atom stereocenters. The van der Waals surface area contributed by atoms with Gasteiger partial charge < -0.3 is 19.9 Å². The molecule has 2 heterocycles. The van der Waals surface area contributed by atoms with E-state index in [1.54, 1.807) is 6.07 Å². The number of aliphatic carboxylic acids is 1. The molecule has 0 unspecified atom stereocenters. The van der Waals surface area contributed by atoms with Gasteiger partial charge in [0, 0.05) is 12.6 Å². The van der Waals surface area contributed by atoms with Gasteiger partial charge in [0.2, 0.25) is 6.79 Å². The molecule has 0 amide bonds. The third-order valence-corrected chi connectivity index (χ3v) is 3.94. The Morgan fingerprint density at radius 1 is 1.30 bits per heavy atom. The summed E-state index contributed by atoms with van der Waals surface area (Å²) in [6, 6.07) is 7.24. The standard InChI is InChI=1S/C14H12ClN3O4S/c15-11-4-12(18-14(17-11)23-6-13(19)20)16-5-8-1-2-9-10(3-8)22-7-21-9/h1-4H,5-7H2,(H,19,20)(H,16,17,18). The number of hydrogen-bond acceptors (Lipinski definition) is 7. The lowest BCUT2D eigenvalue weighted by molar-refractivity contribution is -0.133. The Morgan fingerprint density at radius 3 is 2.96 bits per heavy atom. The Labute approximate surface area is 141 Å². The zero-order valence-corrected chi connectivity index (χ0v) is 13.4. The zero-order chi connectivity index (χ0) is 16.2. The van der Waals surface area contributed by atoms with E-state index in [4.69, 9.17) is 26.2 Å². The van der Waals surface area contributed by atoms with Gasteiger partial charge in [-0.15, -0.1) is 0 Å². The van der Waals surface area contributed by atoms with E-state index in [0.717, 1.165) is 23.1 Å². The first kappa shape index (κ1) is 15.7. The molecule has 2 N–H and O–H groups in total. The lowest BCUT2D eigenvalue weighted by Gasteiger charge is -2.08. The predicted octanol–water partition coefficient (Wildman–Crippen LogP) is 2.65. The molecule has 7 nitrogen and oxygen atoms in total. The first-order valence-electron chi connectivity index (χ1n) is 6.62. The van der Waals surface area contributed by atoms with E-state index in [-0.39, 0.29) is 17.7 Å². The fraction of sp³-hybridized carbons (Fsp3) is 0.214. The van der Waals surface area contributed by atoms with Crippen LogP contribution in [0.4, 0.5) is 5.82 Å². The third-order valence-electron chi connectivity index (χ3n) is 2.91. The molecule has 23 heavy (non-hydrogen) atoms. The normalized spacial score (nSPS) is 12.2. The minimum absolute atomic E-state index is 0.123. The highest BCUT2D eigenvalue weighted by Crippen LogP contribution is 2.32. The van der Waals surface area contributed by atoms with Crippen molar-refractivity contribution in [3.8, 4) is 11.5 Å². The number of aromatic nitrogens is 2. The number of carboxylic acid groups (broad SMARTS) is 1. The minimum Gasteiger partial charge on any atom is -0.481 e. The van der Waals surface area contributed by atoms with Gasteiger partial charge in [0.25, 0.3) is 0 Å². The van der Waals surface area contributed by atoms with Crippen molar-refractivity contribution in [2.75, 3.05) is 17.9 Å². The van der Waals surface area contributed by atoms with Crippen LogP contribution in [-0.2, 0) is 11.3 Å². The van der Waals surface area contributed by atoms with Crippen LogP contribution in [0.5, 0.6) is 11.5 Å². The number of ether oxygens (including phenoxy) is 2. The maximum absolute atomic E-state index is 10.6. The quantitative estimate of drug-likeness (QED) is 0.465. The molecule has 9 heteroatoms. The summed E-state index contributed by atoms with van der Waals surface area (Å²) in [4.78, 5) is 18.8. The monoisotopic (exact) mass is 353 g/mol. The Balaban J connectivity index is 1.66. The fourth-order valence-corrected chi connectivity index (χ4v) is 2.73. The number of nitrogens with one attached hydrogen (secondary N) is 1. The summed E-state index contributed by atoms with van der Waals surface area (Å²) < 4.78 is 10.6. The molecular formula is C14H12ClN3O4S. The second-order valence-electron chi connectivity index (χ2n) is 4.58. The molecule has 1 aromatic carbocycles. The fourth-order valence-electron chi connectivity index (χ4n) is 1.92. The zero-order valence-electron chi connectivity index (χ0n) is 11.8. The summed E-state index contributed by atoms with van der Waals surface area (Å²) in [6.07, 6.45) is 0. The van der Waals surface area contributed by atoms with Crippen LogP contribution in [0.2, 0.25) is 5.15 Å². The van der Waals surface area contributed by atoms with Crippen molar-refractivity contribution in [1.29, 1.82) is 0 Å². The molecule has 0 saturated carbocycles. The van der Waals surface area contributed by atoms with Crippen LogP contribution in [0.3, 0.4) is 0 Å². The average Bonchev–Trinajstić information content (AvgIpc) is 2.98. The van der Waals surface area contributed by atoms with Crippen molar-refractivity contribution in [3.63, 3.8) is 0 Å². The van der Waals surface area contributed by atoms with E-state index in [0.29, 0.717) is 23.3 Å². The summed E-state index contributed by atoms with van der Waals surface area (Å²) in [5.74, 6) is 0.903. The van der Waals surface area contributed by atoms with E-state index >= 15 is 0 Å². The van der Waals surface area contributed by atoms with Crippen LogP contribution in [0.25, 0.3) is 0 Å². The first-order chi connectivity index (χ1) is 11.1. The number of nitrogens with zero attached hydrogens (tertiary/aromatic N) is 2. The summed E-state index contributed by atoms with van der Waals surface area (Å²) >= 11 is 6.95. The van der Waals surface area contributed by atoms with E-state index < -0.39 is 5.97 Å². The number of carboxylic acids is 1. The highest BCUT2D eigenvalue weighted by Gasteiger charge is 2.13. The number of carbonyl (C=O) groups is 1. The van der Waals surface area contributed by atoms with Gasteiger partial charge in [0.05, 0.1) is 5.75 Å². The Kier molecular flexibility index (Phi) is 4.73. The van der Waals surface area contributed by atoms with Gasteiger partial charge in [-0.1, -0.05) is 29.4 Å². The largest absolute Gasteiger partial charge is 0.481 e. The van der Waals surface area contributed by atoms with Crippen molar-refractivity contribution < 1.29 is 19.4 Å². The summed E-state index contributed by atoms with van der Waals surface area (Å²) in [5.41, 5.74) is 0.990. The maximum Gasteiger partial charge on any atom is 0.313 e. The highest BCUT2D eigenvalue weighted by molar-refractivity contribution is 7.99. The summed E-state index contributed by atoms with van der Waals surface area (Å²) in [5, 5.41) is 12.4. The number of rotatable bonds is 6. The minimum atomic E-state index is -0.937. The molecule has 0 bridgehead atoms. The van der Waals surface area contributed by atoms with Crippen LogP contribution in [0.15, 0.2) is 29.4 Å². The second kappa shape index (κ2) is 6.93. The van der Waals surface area contributed by atoms with E-state index in [1.165, 1.54) is 0 Å². The molecule has 0 aliphatic carbocycles. The van der Waals surface area contributed by atoms with Crippen molar-refractivity contribution in [3.05, 3.63) is 35.0 Å². The third kappa shape index (κ3) is 4.17. The van der Waals surface area contributed by atoms with Gasteiger partial charge in [-0.2, -0.15) is 0 Å². The van der Waals surface area contributed by atoms with Crippen LogP contribution < -0.4 is 14.8 Å². The highest BCUT2D eigenvalue weighted by atomic mass is 35.5. The summed E-state index contributed by atoms with van der Waals surface area (Å²) in [6.45, 7) is 0.741. The number of benzene rings is 1. The smallest absolute Gasteiger partial charge is 0.313 e. The molecule has 3 rings (SSSR count). The lowest BCUT2D eigenvalue weighted by Crippen LogP contribution is -2.04. The van der Waals surface area contributed by atoms with Gasteiger partial charge in [0.15, 0.2) is 16.7 Å². The SMILES string of the molecule is O=C(O)CSc1nc(Cl)cc(NCc2ccc3c(c2)OCO3)n1. The van der Waals surface area contributed by atoms with Crippen molar-refractivity contribution in [1.82, 2.24) is 9.97 Å². The van der Waals surface area contributed by atoms with E-state index in [9.17, 15) is 4.79 Å². The molecule has 1 aromatic heterocycles. The Hall–Kier alpha value is -2.19. The number of fused-ring (bicyclic) bond motifs is 1. The lowest BCUT2D eigenvalue weighted by atomic mass is 10.2. The van der Waals surface area contributed by atoms with Crippen LogP contribution in [0.1, 0.15) is 5.56 Å². The molecule has 1 aliphatic heterocycles. The molecule has 120 valence electrons. The van der Waals surface area contributed by atoms with Crippen LogP contribution in [0, 0.1) is 0 Å². The van der Waals surface area contributed by atoms with Crippen LogP contribution >= 0.6 is 23.4 Å². The van der Waals surface area contributed by atoms with Gasteiger partial charge in [-0.3, -0.25) is 4.79 Å². The molecule has 2 aromatic rings. The van der Waals surface area contributed by atoms with Crippen LogP contribution in [-0.4, -0.2) is 33.6 Å². The maximum atomic E-state index is 10.6. The molecule has 1 aliphatic rings. The number of thioether (sulfide) groups is 1. The second-order valence-corrected chi connectivity index (χ2v) is 5.91. The average molecular weight is 354 g/mol. The molecule has 0 fully saturated rings. The first-order valence-corrected chi connectivity index (χ1v) is 7.98. The summed E-state index contributed by atoms with van der Waals surface area (Å²) in [7, 11) is 0. The van der Waals surface area contributed by atoms with Crippen molar-refractivity contribution in [2.45, 2.75) is 11.7 Å². The van der Waals surface area contributed by atoms with Crippen molar-refractivity contribution >= 4 is 35.1 Å². The van der Waals surface area contributed by atoms with Gasteiger partial charge in [-0.05, 0) is 17.7 Å². The molecule has 0 radical (unpaired) electrons. The topological polar surface area (TPSA) is 93.6 Å². The Morgan fingerprint density at radius 2 is 2.13 bits per heavy atom. The van der Waals surface area contributed by atoms with Gasteiger partial charge in [-0.25, -0.2) is 9.97 Å². The number of anilines is 1.